The maximum Gasteiger partial charge on any atom is 0.299 e. The Morgan fingerprint density at radius 2 is 2.20 bits per heavy atom. The monoisotopic (exact) mass is 293 g/mol. The van der Waals surface area contributed by atoms with Crippen molar-refractivity contribution in [3.8, 4) is 0 Å². The van der Waals surface area contributed by atoms with Gasteiger partial charge in [-0.1, -0.05) is 11.6 Å². The number of hydrogen-bond donors (Lipinski definition) is 0. The van der Waals surface area contributed by atoms with Crippen LogP contribution in [0, 0.1) is 5.92 Å². The number of hydrogen-bond acceptors (Lipinski definition) is 4. The fraction of sp³-hybridized carbons (Fsp3) is 0.357. The summed E-state index contributed by atoms with van der Waals surface area (Å²) in [5.41, 5.74) is 0.717. The van der Waals surface area contributed by atoms with E-state index in [1.165, 1.54) is 17.0 Å². The molecule has 1 atom stereocenters. The van der Waals surface area contributed by atoms with Gasteiger partial charge in [-0.05, 0) is 24.6 Å². The molecule has 1 amide bonds. The number of fused-ring (bicyclic) bond motifs is 1. The minimum atomic E-state index is -0.672. The molecule has 1 unspecified atom stereocenters. The molecule has 0 aromatic heterocycles. The Hall–Kier alpha value is -1.72. The average molecular weight is 294 g/mol. The predicted molar refractivity (Wildman–Crippen MR) is 72.1 cm³/mol. The number of Topliss-reactive ketones (excluding diaryl/α,β-unsaturated/α-hetero) is 2. The predicted octanol–water partition coefficient (Wildman–Crippen LogP) is 1.47. The van der Waals surface area contributed by atoms with Crippen molar-refractivity contribution in [2.75, 3.05) is 24.7 Å². The molecule has 6 heteroatoms. The smallest absolute Gasteiger partial charge is 0.299 e. The van der Waals surface area contributed by atoms with Gasteiger partial charge in [-0.2, -0.15) is 0 Å². The van der Waals surface area contributed by atoms with Gasteiger partial charge in [-0.3, -0.25) is 19.3 Å². The number of nitrogens with zero attached hydrogens (tertiary/aromatic N) is 1. The van der Waals surface area contributed by atoms with Crippen molar-refractivity contribution in [3.05, 3.63) is 28.8 Å². The second kappa shape index (κ2) is 5.00. The van der Waals surface area contributed by atoms with Crippen LogP contribution in [0.15, 0.2) is 18.2 Å². The van der Waals surface area contributed by atoms with Crippen molar-refractivity contribution in [2.24, 2.45) is 5.92 Å². The number of ether oxygens (including phenoxy) is 1. The van der Waals surface area contributed by atoms with Gasteiger partial charge in [-0.25, -0.2) is 0 Å². The van der Waals surface area contributed by atoms with Crippen LogP contribution >= 0.6 is 11.6 Å². The van der Waals surface area contributed by atoms with Crippen molar-refractivity contribution in [1.29, 1.82) is 0 Å². The van der Waals surface area contributed by atoms with Crippen LogP contribution < -0.4 is 4.90 Å². The summed E-state index contributed by atoms with van der Waals surface area (Å²) in [7, 11) is 0. The largest absolute Gasteiger partial charge is 0.381 e. The van der Waals surface area contributed by atoms with Gasteiger partial charge in [0.2, 0.25) is 0 Å². The Balaban J connectivity index is 1.87. The van der Waals surface area contributed by atoms with E-state index in [1.54, 1.807) is 6.07 Å². The summed E-state index contributed by atoms with van der Waals surface area (Å²) in [6, 6.07) is 4.61. The molecular weight excluding hydrogens is 282 g/mol. The molecule has 5 nitrogen and oxygen atoms in total. The Bertz CT molecular complexity index is 607. The summed E-state index contributed by atoms with van der Waals surface area (Å²) < 4.78 is 5.17. The molecule has 0 N–H and O–H groups in total. The quantitative estimate of drug-likeness (QED) is 0.792. The lowest BCUT2D eigenvalue weighted by molar-refractivity contribution is -0.123. The van der Waals surface area contributed by atoms with Gasteiger partial charge in [-0.15, -0.1) is 0 Å². The fourth-order valence-electron chi connectivity index (χ4n) is 2.50. The van der Waals surface area contributed by atoms with Crippen LogP contribution in [0.25, 0.3) is 0 Å². The van der Waals surface area contributed by atoms with Gasteiger partial charge in [0, 0.05) is 17.5 Å². The average Bonchev–Trinajstić information content (AvgIpc) is 3.03. The highest BCUT2D eigenvalue weighted by molar-refractivity contribution is 6.53. The molecule has 0 radical (unpaired) electrons. The molecule has 1 fully saturated rings. The summed E-state index contributed by atoms with van der Waals surface area (Å²) in [4.78, 5) is 37.2. The number of carbonyl (C=O) groups excluding carboxylic acids is 3. The molecular formula is C14H12ClNO4. The van der Waals surface area contributed by atoms with Gasteiger partial charge in [0.1, 0.15) is 0 Å². The molecule has 2 heterocycles. The van der Waals surface area contributed by atoms with E-state index >= 15 is 0 Å². The molecule has 20 heavy (non-hydrogen) atoms. The molecule has 0 saturated carbocycles. The van der Waals surface area contributed by atoms with Crippen LogP contribution in [0.4, 0.5) is 5.69 Å². The number of carbonyl (C=O) groups is 3. The van der Waals surface area contributed by atoms with Gasteiger partial charge in [0.25, 0.3) is 11.7 Å². The van der Waals surface area contributed by atoms with E-state index in [4.69, 9.17) is 16.3 Å². The van der Waals surface area contributed by atoms with Gasteiger partial charge >= 0.3 is 0 Å². The van der Waals surface area contributed by atoms with E-state index in [9.17, 15) is 14.4 Å². The van der Waals surface area contributed by atoms with Crippen molar-refractivity contribution >= 4 is 34.8 Å². The highest BCUT2D eigenvalue weighted by atomic mass is 35.5. The summed E-state index contributed by atoms with van der Waals surface area (Å²) in [5, 5.41) is 0.424. The summed E-state index contributed by atoms with van der Waals surface area (Å²) in [6.45, 7) is 0.842. The van der Waals surface area contributed by atoms with Gasteiger partial charge in [0.05, 0.1) is 24.4 Å². The first-order valence-corrected chi connectivity index (χ1v) is 6.72. The highest BCUT2D eigenvalue weighted by Gasteiger charge is 2.38. The molecule has 1 saturated heterocycles. The highest BCUT2D eigenvalue weighted by Crippen LogP contribution is 2.31. The Labute approximate surface area is 120 Å². The molecule has 3 rings (SSSR count). The third kappa shape index (κ3) is 2.13. The molecule has 2 aliphatic heterocycles. The summed E-state index contributed by atoms with van der Waals surface area (Å²) in [5.74, 6) is -1.54. The van der Waals surface area contributed by atoms with Crippen molar-refractivity contribution in [3.63, 3.8) is 0 Å². The topological polar surface area (TPSA) is 63.7 Å². The number of ketones is 2. The van der Waals surface area contributed by atoms with Crippen LogP contribution in [0.1, 0.15) is 16.8 Å². The van der Waals surface area contributed by atoms with Crippen molar-refractivity contribution < 1.29 is 19.1 Å². The Morgan fingerprint density at radius 3 is 2.90 bits per heavy atom. The lowest BCUT2D eigenvalue weighted by Crippen LogP contribution is -2.37. The molecule has 0 aliphatic carbocycles. The lowest BCUT2D eigenvalue weighted by Gasteiger charge is -2.17. The first kappa shape index (κ1) is 13.3. The second-order valence-electron chi connectivity index (χ2n) is 4.91. The third-order valence-electron chi connectivity index (χ3n) is 3.63. The van der Waals surface area contributed by atoms with Gasteiger partial charge < -0.3 is 4.74 Å². The molecule has 2 aliphatic rings. The van der Waals surface area contributed by atoms with Crippen LogP contribution in [0.2, 0.25) is 5.02 Å². The van der Waals surface area contributed by atoms with E-state index in [0.717, 1.165) is 0 Å². The SMILES string of the molecule is O=C1C(=O)N(CC(=O)C2CCOC2)c2cc(Cl)ccc21. The minimum absolute atomic E-state index is 0.0866. The fourth-order valence-corrected chi connectivity index (χ4v) is 2.66. The van der Waals surface area contributed by atoms with E-state index in [0.29, 0.717) is 35.9 Å². The molecule has 104 valence electrons. The molecule has 0 spiro atoms. The minimum Gasteiger partial charge on any atom is -0.381 e. The maximum absolute atomic E-state index is 12.1. The van der Waals surface area contributed by atoms with Crippen molar-refractivity contribution in [1.82, 2.24) is 0 Å². The normalized spacial score (nSPS) is 21.4. The number of halogens is 1. The lowest BCUT2D eigenvalue weighted by atomic mass is 10.0. The van der Waals surface area contributed by atoms with Crippen LogP contribution in [0.3, 0.4) is 0 Å². The van der Waals surface area contributed by atoms with Crippen LogP contribution in [0.5, 0.6) is 0 Å². The third-order valence-corrected chi connectivity index (χ3v) is 3.87. The molecule has 1 aromatic carbocycles. The zero-order valence-corrected chi connectivity index (χ0v) is 11.4. The first-order chi connectivity index (χ1) is 9.58. The number of rotatable bonds is 3. The summed E-state index contributed by atoms with van der Waals surface area (Å²) in [6.07, 6.45) is 0.664. The Kier molecular flexibility index (Phi) is 3.31. The molecule has 1 aromatic rings. The van der Waals surface area contributed by atoms with E-state index < -0.39 is 11.7 Å². The molecule has 0 bridgehead atoms. The first-order valence-electron chi connectivity index (χ1n) is 6.34. The van der Waals surface area contributed by atoms with E-state index in [2.05, 4.69) is 0 Å². The number of benzene rings is 1. The zero-order chi connectivity index (χ0) is 14.3. The summed E-state index contributed by atoms with van der Waals surface area (Å²) >= 11 is 5.89. The Morgan fingerprint density at radius 1 is 1.40 bits per heavy atom. The number of amides is 1. The standard InChI is InChI=1S/C14H12ClNO4/c15-9-1-2-10-11(5-9)16(14(19)13(10)18)6-12(17)8-3-4-20-7-8/h1-2,5,8H,3-4,6-7H2. The van der Waals surface area contributed by atoms with Crippen LogP contribution in [-0.2, 0) is 14.3 Å². The van der Waals surface area contributed by atoms with E-state index in [-0.39, 0.29) is 18.2 Å². The van der Waals surface area contributed by atoms with Gasteiger partial charge in [0.15, 0.2) is 5.78 Å². The maximum atomic E-state index is 12.1. The van der Waals surface area contributed by atoms with Crippen LogP contribution in [-0.4, -0.2) is 37.2 Å². The van der Waals surface area contributed by atoms with E-state index in [1.807, 2.05) is 0 Å². The number of anilines is 1. The van der Waals surface area contributed by atoms with Crippen molar-refractivity contribution in [2.45, 2.75) is 6.42 Å². The zero-order valence-electron chi connectivity index (χ0n) is 10.6. The second-order valence-corrected chi connectivity index (χ2v) is 5.35.